The second kappa shape index (κ2) is 14.9. The Labute approximate surface area is 289 Å². The SMILES string of the molecule is CCC1(c2ccc(OC(C)C)cc2)NC(=O)N(CCCCCOc2cccc(-c3c(Cc4ccccc4)cnc4c(C)cccc34)c2)C1=O. The number of rotatable bonds is 14. The van der Waals surface area contributed by atoms with Crippen LogP contribution >= 0.6 is 0 Å². The molecule has 7 nitrogen and oxygen atoms in total. The third-order valence-corrected chi connectivity index (χ3v) is 9.26. The molecule has 4 aromatic carbocycles. The van der Waals surface area contributed by atoms with Crippen LogP contribution in [-0.4, -0.2) is 41.1 Å². The Morgan fingerprint density at radius 2 is 1.63 bits per heavy atom. The van der Waals surface area contributed by atoms with Crippen molar-refractivity contribution in [3.05, 3.63) is 126 Å². The zero-order chi connectivity index (χ0) is 34.4. The maximum absolute atomic E-state index is 13.6. The van der Waals surface area contributed by atoms with Crippen LogP contribution in [0.5, 0.6) is 11.5 Å². The highest BCUT2D eigenvalue weighted by atomic mass is 16.5. The number of imide groups is 1. The van der Waals surface area contributed by atoms with Crippen LogP contribution in [0.25, 0.3) is 22.0 Å². The summed E-state index contributed by atoms with van der Waals surface area (Å²) in [7, 11) is 0. The third kappa shape index (κ3) is 7.31. The van der Waals surface area contributed by atoms with Gasteiger partial charge >= 0.3 is 6.03 Å². The van der Waals surface area contributed by atoms with Gasteiger partial charge in [0.25, 0.3) is 5.91 Å². The van der Waals surface area contributed by atoms with Crippen LogP contribution in [-0.2, 0) is 16.8 Å². The molecule has 1 aliphatic rings. The monoisotopic (exact) mass is 655 g/mol. The minimum Gasteiger partial charge on any atom is -0.494 e. The number of hydrogen-bond acceptors (Lipinski definition) is 5. The van der Waals surface area contributed by atoms with E-state index in [0.29, 0.717) is 26.0 Å². The number of benzene rings is 4. The minimum absolute atomic E-state index is 0.0559. The smallest absolute Gasteiger partial charge is 0.325 e. The van der Waals surface area contributed by atoms with E-state index in [0.717, 1.165) is 58.4 Å². The highest BCUT2D eigenvalue weighted by molar-refractivity contribution is 6.07. The number of unbranched alkanes of at least 4 members (excludes halogenated alkanes) is 2. The fourth-order valence-electron chi connectivity index (χ4n) is 6.74. The quantitative estimate of drug-likeness (QED) is 0.0954. The molecule has 2 heterocycles. The molecule has 1 aliphatic heterocycles. The van der Waals surface area contributed by atoms with Crippen LogP contribution < -0.4 is 14.8 Å². The predicted octanol–water partition coefficient (Wildman–Crippen LogP) is 8.99. The van der Waals surface area contributed by atoms with Gasteiger partial charge in [-0.05, 0) is 111 Å². The van der Waals surface area contributed by atoms with E-state index >= 15 is 0 Å². The molecule has 3 amide bonds. The molecule has 1 fully saturated rings. The topological polar surface area (TPSA) is 80.8 Å². The number of ether oxygens (including phenoxy) is 2. The lowest BCUT2D eigenvalue weighted by Gasteiger charge is -2.26. The lowest BCUT2D eigenvalue weighted by atomic mass is 9.87. The van der Waals surface area contributed by atoms with Gasteiger partial charge in [-0.2, -0.15) is 0 Å². The maximum Gasteiger partial charge on any atom is 0.325 e. The summed E-state index contributed by atoms with van der Waals surface area (Å²) in [6, 6.07) is 32.2. The predicted molar refractivity (Wildman–Crippen MR) is 195 cm³/mol. The van der Waals surface area contributed by atoms with Gasteiger partial charge in [0.15, 0.2) is 0 Å². The first-order valence-electron chi connectivity index (χ1n) is 17.3. The number of nitrogens with one attached hydrogen (secondary N) is 1. The van der Waals surface area contributed by atoms with E-state index in [4.69, 9.17) is 14.5 Å². The normalized spacial score (nSPS) is 16.0. The van der Waals surface area contributed by atoms with Crippen molar-refractivity contribution in [1.82, 2.24) is 15.2 Å². The number of carbonyl (C=O) groups is 2. The van der Waals surface area contributed by atoms with Crippen molar-refractivity contribution in [2.24, 2.45) is 0 Å². The highest BCUT2D eigenvalue weighted by Crippen LogP contribution is 2.36. The molecule has 0 bridgehead atoms. The first-order chi connectivity index (χ1) is 23.8. The molecular weight excluding hydrogens is 610 g/mol. The van der Waals surface area contributed by atoms with E-state index < -0.39 is 5.54 Å². The molecule has 0 saturated carbocycles. The van der Waals surface area contributed by atoms with Crippen LogP contribution in [0.2, 0.25) is 0 Å². The summed E-state index contributed by atoms with van der Waals surface area (Å²) >= 11 is 0. The molecule has 49 heavy (non-hydrogen) atoms. The molecular formula is C42H45N3O4. The van der Waals surface area contributed by atoms with Crippen LogP contribution in [0, 0.1) is 6.92 Å². The van der Waals surface area contributed by atoms with Gasteiger partial charge in [0.1, 0.15) is 17.0 Å². The van der Waals surface area contributed by atoms with Gasteiger partial charge in [0, 0.05) is 18.1 Å². The van der Waals surface area contributed by atoms with Gasteiger partial charge in [-0.25, -0.2) is 4.79 Å². The molecule has 1 N–H and O–H groups in total. The van der Waals surface area contributed by atoms with Crippen molar-refractivity contribution in [3.63, 3.8) is 0 Å². The number of hydrogen-bond donors (Lipinski definition) is 1. The van der Waals surface area contributed by atoms with E-state index in [-0.39, 0.29) is 18.0 Å². The number of aryl methyl sites for hydroxylation is 1. The van der Waals surface area contributed by atoms with E-state index in [9.17, 15) is 9.59 Å². The molecule has 1 unspecified atom stereocenters. The Balaban J connectivity index is 1.07. The van der Waals surface area contributed by atoms with Gasteiger partial charge in [-0.3, -0.25) is 14.7 Å². The van der Waals surface area contributed by atoms with Gasteiger partial charge in [-0.15, -0.1) is 0 Å². The highest BCUT2D eigenvalue weighted by Gasteiger charge is 2.50. The van der Waals surface area contributed by atoms with Crippen molar-refractivity contribution in [2.45, 2.75) is 71.4 Å². The van der Waals surface area contributed by atoms with Crippen LogP contribution in [0.15, 0.2) is 103 Å². The number of fused-ring (bicyclic) bond motifs is 1. The lowest BCUT2D eigenvalue weighted by Crippen LogP contribution is -2.43. The molecule has 7 heteroatoms. The Kier molecular flexibility index (Phi) is 10.3. The summed E-state index contributed by atoms with van der Waals surface area (Å²) in [4.78, 5) is 32.8. The Bertz CT molecular complexity index is 1920. The lowest BCUT2D eigenvalue weighted by molar-refractivity contribution is -0.131. The fourth-order valence-corrected chi connectivity index (χ4v) is 6.74. The molecule has 1 saturated heterocycles. The molecule has 1 atom stereocenters. The summed E-state index contributed by atoms with van der Waals surface area (Å²) < 4.78 is 12.0. The maximum atomic E-state index is 13.6. The Morgan fingerprint density at radius 1 is 0.857 bits per heavy atom. The van der Waals surface area contributed by atoms with Crippen molar-refractivity contribution in [2.75, 3.05) is 13.2 Å². The van der Waals surface area contributed by atoms with E-state index in [1.54, 1.807) is 0 Å². The number of amides is 3. The fraction of sp³-hybridized carbons (Fsp3) is 0.310. The van der Waals surface area contributed by atoms with Gasteiger partial charge in [-0.1, -0.05) is 79.7 Å². The standard InChI is InChI=1S/C42H45N3O4/c1-5-42(34-20-22-35(23-21-34)49-29(2)3)40(46)45(41(47)44-42)24-10-7-11-25-48-36-18-13-17-32(27-36)38-33(26-31-15-8-6-9-16-31)28-43-39-30(4)14-12-19-37(38)39/h6,8-9,12-23,27-29H,5,7,10-11,24-26H2,1-4H3,(H,44,47). The number of carbonyl (C=O) groups excluding carboxylic acids is 2. The van der Waals surface area contributed by atoms with Crippen molar-refractivity contribution in [3.8, 4) is 22.6 Å². The summed E-state index contributed by atoms with van der Waals surface area (Å²) in [5, 5.41) is 4.12. The largest absolute Gasteiger partial charge is 0.494 e. The number of aromatic nitrogens is 1. The molecule has 5 aromatic rings. The van der Waals surface area contributed by atoms with Crippen molar-refractivity contribution >= 4 is 22.8 Å². The number of nitrogens with zero attached hydrogens (tertiary/aromatic N) is 2. The molecule has 6 rings (SSSR count). The Hall–Kier alpha value is -5.17. The summed E-state index contributed by atoms with van der Waals surface area (Å²) in [6.45, 7) is 8.88. The van der Waals surface area contributed by atoms with Crippen molar-refractivity contribution in [1.29, 1.82) is 0 Å². The zero-order valence-electron chi connectivity index (χ0n) is 28.9. The van der Waals surface area contributed by atoms with Crippen molar-refractivity contribution < 1.29 is 19.1 Å². The average molecular weight is 656 g/mol. The van der Waals surface area contributed by atoms with Gasteiger partial charge in [0.2, 0.25) is 0 Å². The molecule has 252 valence electrons. The first-order valence-corrected chi connectivity index (χ1v) is 17.3. The number of urea groups is 1. The second-order valence-electron chi connectivity index (χ2n) is 13.1. The second-order valence-corrected chi connectivity index (χ2v) is 13.1. The van der Waals surface area contributed by atoms with Crippen LogP contribution in [0.4, 0.5) is 4.79 Å². The first kappa shape index (κ1) is 33.7. The number of para-hydroxylation sites is 1. The molecule has 0 radical (unpaired) electrons. The van der Waals surface area contributed by atoms with Crippen LogP contribution in [0.3, 0.4) is 0 Å². The molecule has 1 aromatic heterocycles. The summed E-state index contributed by atoms with van der Waals surface area (Å²) in [5.74, 6) is 1.35. The number of pyridine rings is 1. The summed E-state index contributed by atoms with van der Waals surface area (Å²) in [5.41, 5.74) is 6.57. The van der Waals surface area contributed by atoms with Gasteiger partial charge < -0.3 is 14.8 Å². The average Bonchev–Trinajstić information content (AvgIpc) is 3.35. The van der Waals surface area contributed by atoms with E-state index in [1.165, 1.54) is 21.6 Å². The minimum atomic E-state index is -1.05. The molecule has 0 aliphatic carbocycles. The third-order valence-electron chi connectivity index (χ3n) is 9.26. The van der Waals surface area contributed by atoms with E-state index in [1.807, 2.05) is 69.4 Å². The van der Waals surface area contributed by atoms with E-state index in [2.05, 4.69) is 66.8 Å². The van der Waals surface area contributed by atoms with Crippen LogP contribution in [0.1, 0.15) is 68.7 Å². The molecule has 0 spiro atoms. The summed E-state index contributed by atoms with van der Waals surface area (Å²) in [6.07, 6.45) is 5.66. The Morgan fingerprint density at radius 3 is 2.39 bits per heavy atom. The van der Waals surface area contributed by atoms with Gasteiger partial charge in [0.05, 0.1) is 18.2 Å². The zero-order valence-corrected chi connectivity index (χ0v) is 28.9.